The zero-order valence-electron chi connectivity index (χ0n) is 18.0. The molecule has 1 aliphatic heterocycles. The average molecular weight is 496 g/mol. The molecule has 1 saturated heterocycles. The minimum atomic E-state index is -1.24. The SMILES string of the molecule is Cc1ccc(N2C(=O)CC(N(NC(=O)c3ccc(Cl)cc3)C(=O)c3cccc(Cl)c3)C2=O)cc1. The van der Waals surface area contributed by atoms with E-state index in [0.717, 1.165) is 15.5 Å². The fraction of sp³-hybridized carbons (Fsp3) is 0.120. The normalized spacial score (nSPS) is 15.4. The number of amides is 4. The molecule has 0 radical (unpaired) electrons. The molecule has 0 aliphatic carbocycles. The van der Waals surface area contributed by atoms with Crippen molar-refractivity contribution in [1.82, 2.24) is 10.4 Å². The Morgan fingerprint density at radius 2 is 1.59 bits per heavy atom. The van der Waals surface area contributed by atoms with Gasteiger partial charge in [-0.05, 0) is 61.5 Å². The number of halogens is 2. The monoisotopic (exact) mass is 495 g/mol. The highest BCUT2D eigenvalue weighted by molar-refractivity contribution is 6.31. The summed E-state index contributed by atoms with van der Waals surface area (Å²) in [4.78, 5) is 53.5. The molecule has 7 nitrogen and oxygen atoms in total. The molecule has 0 bridgehead atoms. The lowest BCUT2D eigenvalue weighted by Crippen LogP contribution is -2.54. The Labute approximate surface area is 205 Å². The highest BCUT2D eigenvalue weighted by Crippen LogP contribution is 2.27. The first-order valence-corrected chi connectivity index (χ1v) is 11.1. The van der Waals surface area contributed by atoms with Crippen molar-refractivity contribution in [2.24, 2.45) is 0 Å². The van der Waals surface area contributed by atoms with E-state index in [2.05, 4.69) is 5.43 Å². The number of rotatable bonds is 4. The second kappa shape index (κ2) is 9.67. The van der Waals surface area contributed by atoms with Crippen molar-refractivity contribution in [2.45, 2.75) is 19.4 Å². The summed E-state index contributed by atoms with van der Waals surface area (Å²) in [7, 11) is 0. The Hall–Kier alpha value is -3.68. The van der Waals surface area contributed by atoms with Gasteiger partial charge in [0.25, 0.3) is 17.7 Å². The number of nitrogens with zero attached hydrogens (tertiary/aromatic N) is 2. The first-order chi connectivity index (χ1) is 16.2. The van der Waals surface area contributed by atoms with Crippen molar-refractivity contribution >= 4 is 52.5 Å². The lowest BCUT2D eigenvalue weighted by molar-refractivity contribution is -0.122. The molecule has 1 fully saturated rings. The predicted molar refractivity (Wildman–Crippen MR) is 129 cm³/mol. The van der Waals surface area contributed by atoms with E-state index in [0.29, 0.717) is 15.7 Å². The van der Waals surface area contributed by atoms with Gasteiger partial charge in [-0.2, -0.15) is 0 Å². The molecule has 4 amide bonds. The summed E-state index contributed by atoms with van der Waals surface area (Å²) in [5.41, 5.74) is 4.23. The molecule has 3 aromatic rings. The first-order valence-electron chi connectivity index (χ1n) is 10.3. The van der Waals surface area contributed by atoms with Crippen LogP contribution in [0.15, 0.2) is 72.8 Å². The first kappa shape index (κ1) is 23.5. The van der Waals surface area contributed by atoms with E-state index < -0.39 is 29.7 Å². The number of hydrogen-bond donors (Lipinski definition) is 1. The van der Waals surface area contributed by atoms with Crippen molar-refractivity contribution in [3.05, 3.63) is 99.5 Å². The number of hydrazine groups is 1. The second-order valence-corrected chi connectivity index (χ2v) is 8.63. The lowest BCUT2D eigenvalue weighted by Gasteiger charge is -2.28. The Morgan fingerprint density at radius 1 is 0.912 bits per heavy atom. The van der Waals surface area contributed by atoms with E-state index in [1.54, 1.807) is 36.4 Å². The number of carbonyl (C=O) groups excluding carboxylic acids is 4. The van der Waals surface area contributed by atoms with Crippen LogP contribution in [0.5, 0.6) is 0 Å². The van der Waals surface area contributed by atoms with Crippen LogP contribution in [0.4, 0.5) is 5.69 Å². The fourth-order valence-corrected chi connectivity index (χ4v) is 3.91. The van der Waals surface area contributed by atoms with Crippen LogP contribution in [0, 0.1) is 6.92 Å². The van der Waals surface area contributed by atoms with Crippen LogP contribution in [0.25, 0.3) is 0 Å². The van der Waals surface area contributed by atoms with Crippen LogP contribution in [0.1, 0.15) is 32.7 Å². The molecule has 1 unspecified atom stereocenters. The van der Waals surface area contributed by atoms with Crippen LogP contribution < -0.4 is 10.3 Å². The number of carbonyl (C=O) groups is 4. The van der Waals surface area contributed by atoms with Crippen LogP contribution >= 0.6 is 23.2 Å². The molecule has 172 valence electrons. The zero-order chi connectivity index (χ0) is 24.4. The summed E-state index contributed by atoms with van der Waals surface area (Å²) in [5.74, 6) is -2.42. The molecule has 4 rings (SSSR count). The molecule has 1 heterocycles. The molecule has 0 saturated carbocycles. The largest absolute Gasteiger partial charge is 0.274 e. The molecule has 0 aromatic heterocycles. The number of aryl methyl sites for hydroxylation is 1. The highest BCUT2D eigenvalue weighted by Gasteiger charge is 2.45. The van der Waals surface area contributed by atoms with Crippen molar-refractivity contribution in [3.8, 4) is 0 Å². The third-order valence-corrected chi connectivity index (χ3v) is 5.83. The molecule has 1 atom stereocenters. The van der Waals surface area contributed by atoms with Crippen molar-refractivity contribution in [2.75, 3.05) is 4.90 Å². The number of hydrogen-bond acceptors (Lipinski definition) is 4. The number of benzene rings is 3. The van der Waals surface area contributed by atoms with Crippen LogP contribution in [-0.2, 0) is 9.59 Å². The summed E-state index contributed by atoms with van der Waals surface area (Å²) in [6.45, 7) is 1.89. The Balaban J connectivity index is 1.68. The van der Waals surface area contributed by atoms with E-state index in [4.69, 9.17) is 23.2 Å². The van der Waals surface area contributed by atoms with Crippen molar-refractivity contribution < 1.29 is 19.2 Å². The minimum Gasteiger partial charge on any atom is -0.274 e. The summed E-state index contributed by atoms with van der Waals surface area (Å²) in [6.07, 6.45) is -0.292. The molecule has 1 N–H and O–H groups in total. The van der Waals surface area contributed by atoms with Gasteiger partial charge in [0.2, 0.25) is 5.91 Å². The van der Waals surface area contributed by atoms with E-state index in [1.165, 1.54) is 36.4 Å². The average Bonchev–Trinajstić information content (AvgIpc) is 3.11. The summed E-state index contributed by atoms with van der Waals surface area (Å²) in [6, 6.07) is 17.8. The number of nitrogens with one attached hydrogen (secondary N) is 1. The maximum absolute atomic E-state index is 13.4. The molecule has 0 spiro atoms. The van der Waals surface area contributed by atoms with Gasteiger partial charge in [-0.3, -0.25) is 24.6 Å². The molecule has 34 heavy (non-hydrogen) atoms. The number of anilines is 1. The summed E-state index contributed by atoms with van der Waals surface area (Å²) < 4.78 is 0. The third kappa shape index (κ3) is 4.81. The quantitative estimate of drug-likeness (QED) is 0.428. The van der Waals surface area contributed by atoms with Crippen molar-refractivity contribution in [3.63, 3.8) is 0 Å². The fourth-order valence-electron chi connectivity index (χ4n) is 3.59. The van der Waals surface area contributed by atoms with E-state index in [1.807, 2.05) is 6.92 Å². The Bertz CT molecular complexity index is 1280. The smallest absolute Gasteiger partial charge is 0.273 e. The third-order valence-electron chi connectivity index (χ3n) is 5.35. The van der Waals surface area contributed by atoms with Gasteiger partial charge < -0.3 is 0 Å². The summed E-state index contributed by atoms with van der Waals surface area (Å²) >= 11 is 11.9. The molecule has 3 aromatic carbocycles. The van der Waals surface area contributed by atoms with Gasteiger partial charge in [-0.1, -0.05) is 47.0 Å². The Kier molecular flexibility index (Phi) is 6.68. The van der Waals surface area contributed by atoms with Gasteiger partial charge in [0.15, 0.2) is 0 Å². The standard InChI is InChI=1S/C25H19Cl2N3O4/c1-15-5-11-20(12-6-15)29-22(31)14-21(25(29)34)30(24(33)17-3-2-4-19(27)13-17)28-23(32)16-7-9-18(26)10-8-16/h2-13,21H,14H2,1H3,(H,28,32). The maximum atomic E-state index is 13.4. The lowest BCUT2D eigenvalue weighted by atomic mass is 10.1. The molecule has 1 aliphatic rings. The second-order valence-electron chi connectivity index (χ2n) is 7.76. The summed E-state index contributed by atoms with van der Waals surface area (Å²) in [5, 5.41) is 1.65. The van der Waals surface area contributed by atoms with Crippen molar-refractivity contribution in [1.29, 1.82) is 0 Å². The minimum absolute atomic E-state index is 0.151. The predicted octanol–water partition coefficient (Wildman–Crippen LogP) is 4.42. The van der Waals surface area contributed by atoms with Crippen LogP contribution in [0.3, 0.4) is 0 Å². The van der Waals surface area contributed by atoms with Gasteiger partial charge in [0.05, 0.1) is 12.1 Å². The Morgan fingerprint density at radius 3 is 2.24 bits per heavy atom. The zero-order valence-corrected chi connectivity index (χ0v) is 19.5. The van der Waals surface area contributed by atoms with Crippen LogP contribution in [-0.4, -0.2) is 34.7 Å². The van der Waals surface area contributed by atoms with Gasteiger partial charge in [0.1, 0.15) is 6.04 Å². The van der Waals surface area contributed by atoms with Gasteiger partial charge in [-0.25, -0.2) is 9.91 Å². The number of imide groups is 1. The topological polar surface area (TPSA) is 86.8 Å². The van der Waals surface area contributed by atoms with E-state index in [-0.39, 0.29) is 17.5 Å². The molecule has 9 heteroatoms. The van der Waals surface area contributed by atoms with Crippen LogP contribution in [0.2, 0.25) is 10.0 Å². The highest BCUT2D eigenvalue weighted by atomic mass is 35.5. The van der Waals surface area contributed by atoms with Gasteiger partial charge in [-0.15, -0.1) is 0 Å². The maximum Gasteiger partial charge on any atom is 0.273 e. The van der Waals surface area contributed by atoms with Gasteiger partial charge >= 0.3 is 0 Å². The molecular formula is C25H19Cl2N3O4. The molecular weight excluding hydrogens is 477 g/mol. The van der Waals surface area contributed by atoms with Gasteiger partial charge in [0, 0.05) is 21.2 Å². The van der Waals surface area contributed by atoms with E-state index >= 15 is 0 Å². The van der Waals surface area contributed by atoms with E-state index in [9.17, 15) is 19.2 Å².